The summed E-state index contributed by atoms with van der Waals surface area (Å²) < 4.78 is 0. The predicted octanol–water partition coefficient (Wildman–Crippen LogP) is 4.08. The number of thiophene rings is 1. The highest BCUT2D eigenvalue weighted by atomic mass is 32.2. The number of nitrogens with zero attached hydrogens (tertiary/aromatic N) is 3. The molecule has 1 unspecified atom stereocenters. The van der Waals surface area contributed by atoms with Crippen molar-refractivity contribution in [1.29, 1.82) is 0 Å². The van der Waals surface area contributed by atoms with Crippen LogP contribution >= 0.6 is 23.1 Å². The van der Waals surface area contributed by atoms with Crippen molar-refractivity contribution in [3.63, 3.8) is 0 Å². The maximum absolute atomic E-state index is 12.9. The van der Waals surface area contributed by atoms with Gasteiger partial charge < -0.3 is 9.88 Å². The number of nitrogens with one attached hydrogen (secondary N) is 1. The Balaban J connectivity index is 1.26. The van der Waals surface area contributed by atoms with E-state index in [1.807, 2.05) is 43.9 Å². The topological polar surface area (TPSA) is 69.3 Å². The van der Waals surface area contributed by atoms with E-state index in [9.17, 15) is 9.59 Å². The number of H-pyrrole nitrogens is 1. The fourth-order valence-corrected chi connectivity index (χ4v) is 5.84. The lowest BCUT2D eigenvalue weighted by Crippen LogP contribution is -2.50. The number of carbonyl (C=O) groups is 1. The van der Waals surface area contributed by atoms with Crippen molar-refractivity contribution in [1.82, 2.24) is 19.8 Å². The van der Waals surface area contributed by atoms with Crippen LogP contribution in [0.1, 0.15) is 28.8 Å². The molecule has 6 nitrogen and oxygen atoms in total. The molecule has 3 heterocycles. The SMILES string of the molecule is Cc1sc2nc(CSC(C)C(=O)N3CCN(C/C=C/c4ccccc4)CC3)[nH]c(=O)c2c1C. The van der Waals surface area contributed by atoms with Crippen molar-refractivity contribution in [2.75, 3.05) is 32.7 Å². The number of fused-ring (bicyclic) bond motifs is 1. The molecule has 0 saturated carbocycles. The van der Waals surface area contributed by atoms with Gasteiger partial charge in [-0.25, -0.2) is 4.98 Å². The molecule has 174 valence electrons. The minimum Gasteiger partial charge on any atom is -0.339 e. The molecule has 1 aliphatic rings. The summed E-state index contributed by atoms with van der Waals surface area (Å²) in [6, 6.07) is 10.3. The molecule has 8 heteroatoms. The number of thioether (sulfide) groups is 1. The van der Waals surface area contributed by atoms with Gasteiger partial charge in [0.25, 0.3) is 5.56 Å². The summed E-state index contributed by atoms with van der Waals surface area (Å²) in [5.74, 6) is 1.30. The van der Waals surface area contributed by atoms with Crippen molar-refractivity contribution in [3.8, 4) is 0 Å². The Morgan fingerprint density at radius 2 is 1.94 bits per heavy atom. The summed E-state index contributed by atoms with van der Waals surface area (Å²) in [7, 11) is 0. The molecule has 1 saturated heterocycles. The lowest BCUT2D eigenvalue weighted by atomic mass is 10.2. The lowest BCUT2D eigenvalue weighted by Gasteiger charge is -2.35. The summed E-state index contributed by atoms with van der Waals surface area (Å²) in [6.45, 7) is 10.1. The van der Waals surface area contributed by atoms with E-state index in [0.717, 1.165) is 48.0 Å². The Morgan fingerprint density at radius 3 is 2.67 bits per heavy atom. The van der Waals surface area contributed by atoms with Crippen LogP contribution in [0.25, 0.3) is 16.3 Å². The Hall–Kier alpha value is -2.42. The van der Waals surface area contributed by atoms with Gasteiger partial charge in [0.2, 0.25) is 5.91 Å². The van der Waals surface area contributed by atoms with Crippen molar-refractivity contribution in [2.45, 2.75) is 31.8 Å². The molecule has 33 heavy (non-hydrogen) atoms. The third kappa shape index (κ3) is 5.75. The van der Waals surface area contributed by atoms with Gasteiger partial charge in [0.15, 0.2) is 0 Å². The molecule has 1 aromatic carbocycles. The Bertz CT molecular complexity index is 1190. The molecule has 2 aromatic heterocycles. The van der Waals surface area contributed by atoms with Gasteiger partial charge in [-0.3, -0.25) is 14.5 Å². The first-order chi connectivity index (χ1) is 15.9. The average Bonchev–Trinajstić information content (AvgIpc) is 3.11. The molecule has 0 spiro atoms. The van der Waals surface area contributed by atoms with Gasteiger partial charge in [-0.15, -0.1) is 23.1 Å². The highest BCUT2D eigenvalue weighted by Gasteiger charge is 2.25. The van der Waals surface area contributed by atoms with Crippen LogP contribution in [0.15, 0.2) is 41.2 Å². The number of hydrogen-bond donors (Lipinski definition) is 1. The minimum absolute atomic E-state index is 0.0890. The van der Waals surface area contributed by atoms with Gasteiger partial charge in [0, 0.05) is 37.6 Å². The summed E-state index contributed by atoms with van der Waals surface area (Å²) in [5.41, 5.74) is 2.12. The van der Waals surface area contributed by atoms with Crippen LogP contribution in [-0.4, -0.2) is 63.6 Å². The van der Waals surface area contributed by atoms with E-state index < -0.39 is 0 Å². The number of hydrogen-bond acceptors (Lipinski definition) is 6. The number of carbonyl (C=O) groups excluding carboxylic acids is 1. The Kier molecular flexibility index (Phi) is 7.67. The van der Waals surface area contributed by atoms with Crippen LogP contribution in [-0.2, 0) is 10.5 Å². The van der Waals surface area contributed by atoms with Crippen LogP contribution < -0.4 is 5.56 Å². The molecule has 3 aromatic rings. The van der Waals surface area contributed by atoms with Gasteiger partial charge in [0.1, 0.15) is 10.7 Å². The van der Waals surface area contributed by atoms with E-state index in [2.05, 4.69) is 39.2 Å². The largest absolute Gasteiger partial charge is 0.339 e. The van der Waals surface area contributed by atoms with E-state index in [1.54, 1.807) is 11.3 Å². The standard InChI is InChI=1S/C25H30N4O2S2/c1-17-18(2)33-24-22(17)23(30)26-21(27-24)16-32-19(3)25(31)29-14-12-28(13-15-29)11-7-10-20-8-5-4-6-9-20/h4-10,19H,11-16H2,1-3H3,(H,26,27,30)/b10-7+. The number of aromatic amines is 1. The van der Waals surface area contributed by atoms with Gasteiger partial charge in [-0.05, 0) is 31.9 Å². The second-order valence-corrected chi connectivity index (χ2v) is 10.9. The number of piperazine rings is 1. The molecule has 0 radical (unpaired) electrons. The lowest BCUT2D eigenvalue weighted by molar-refractivity contribution is -0.131. The van der Waals surface area contributed by atoms with Crippen molar-refractivity contribution < 1.29 is 4.79 Å². The van der Waals surface area contributed by atoms with Crippen LogP contribution in [0.2, 0.25) is 0 Å². The van der Waals surface area contributed by atoms with E-state index in [4.69, 9.17) is 0 Å². The summed E-state index contributed by atoms with van der Waals surface area (Å²) >= 11 is 3.08. The smallest absolute Gasteiger partial charge is 0.259 e. The molecule has 1 aliphatic heterocycles. The molecule has 1 amide bonds. The molecule has 0 bridgehead atoms. The monoisotopic (exact) mass is 482 g/mol. The van der Waals surface area contributed by atoms with Crippen LogP contribution in [0.4, 0.5) is 0 Å². The van der Waals surface area contributed by atoms with Crippen LogP contribution in [0, 0.1) is 13.8 Å². The zero-order valence-corrected chi connectivity index (χ0v) is 21.0. The normalized spacial score (nSPS) is 16.0. The van der Waals surface area contributed by atoms with E-state index in [0.29, 0.717) is 17.0 Å². The first-order valence-electron chi connectivity index (χ1n) is 11.3. The Morgan fingerprint density at radius 1 is 1.21 bits per heavy atom. The second-order valence-electron chi connectivity index (χ2n) is 8.37. The molecule has 0 aliphatic carbocycles. The maximum Gasteiger partial charge on any atom is 0.259 e. The van der Waals surface area contributed by atoms with Gasteiger partial charge in [-0.2, -0.15) is 0 Å². The average molecular weight is 483 g/mol. The van der Waals surface area contributed by atoms with Crippen molar-refractivity contribution >= 4 is 45.3 Å². The fraction of sp³-hybridized carbons (Fsp3) is 0.400. The first kappa shape index (κ1) is 23.7. The van der Waals surface area contributed by atoms with Crippen LogP contribution in [0.3, 0.4) is 0 Å². The number of aryl methyl sites for hydroxylation is 2. The molecule has 1 fully saturated rings. The third-order valence-electron chi connectivity index (χ3n) is 6.06. The minimum atomic E-state index is -0.178. The zero-order chi connectivity index (χ0) is 23.4. The number of amides is 1. The van der Waals surface area contributed by atoms with Crippen molar-refractivity contribution in [3.05, 3.63) is 68.6 Å². The molecule has 1 atom stereocenters. The maximum atomic E-state index is 12.9. The third-order valence-corrected chi connectivity index (χ3v) is 8.31. The second kappa shape index (κ2) is 10.7. The van der Waals surface area contributed by atoms with E-state index in [-0.39, 0.29) is 16.7 Å². The molecule has 1 N–H and O–H groups in total. The van der Waals surface area contributed by atoms with E-state index >= 15 is 0 Å². The number of rotatable bonds is 7. The Labute approximate surface area is 202 Å². The van der Waals surface area contributed by atoms with Gasteiger partial charge in [0.05, 0.1) is 16.4 Å². The molecule has 4 rings (SSSR count). The van der Waals surface area contributed by atoms with Crippen LogP contribution in [0.5, 0.6) is 0 Å². The quantitative estimate of drug-likeness (QED) is 0.550. The predicted molar refractivity (Wildman–Crippen MR) is 139 cm³/mol. The highest BCUT2D eigenvalue weighted by Crippen LogP contribution is 2.26. The number of aromatic nitrogens is 2. The van der Waals surface area contributed by atoms with Gasteiger partial charge in [-0.1, -0.05) is 42.5 Å². The molecular formula is C25H30N4O2S2. The summed E-state index contributed by atoms with van der Waals surface area (Å²) in [5, 5.41) is 0.509. The zero-order valence-electron chi connectivity index (χ0n) is 19.3. The van der Waals surface area contributed by atoms with Crippen molar-refractivity contribution in [2.24, 2.45) is 0 Å². The first-order valence-corrected chi connectivity index (χ1v) is 13.1. The van der Waals surface area contributed by atoms with Gasteiger partial charge >= 0.3 is 0 Å². The summed E-state index contributed by atoms with van der Waals surface area (Å²) in [4.78, 5) is 39.1. The number of benzene rings is 1. The summed E-state index contributed by atoms with van der Waals surface area (Å²) in [6.07, 6.45) is 4.33. The molecular weight excluding hydrogens is 452 g/mol. The highest BCUT2D eigenvalue weighted by molar-refractivity contribution is 7.99. The van der Waals surface area contributed by atoms with E-state index in [1.165, 1.54) is 17.3 Å². The fourth-order valence-electron chi connectivity index (χ4n) is 3.95.